The van der Waals surface area contributed by atoms with Gasteiger partial charge in [-0.25, -0.2) is 4.98 Å². The SMILES string of the molecule is COc1nc2c(C(=O)Nc3cc4cn(C)nc4c(C)c3O)c(N3C[C@H](C)N[C@@H](C)C3)ccc2s1. The number of nitrogens with zero attached hydrogens (tertiary/aromatic N) is 4. The number of carbonyl (C=O) groups is 1. The standard InChI is InChI=1S/C24H28N6O3S/c1-12-9-30(10-13(2)25-12)17-6-7-18-21(27-24(33-5)34-18)19(17)23(32)26-16-8-15-11-29(4)28-20(15)14(3)22(16)31/h6-8,11-13,25,31H,9-10H2,1-5H3,(H,26,32)/t12-,13-/m0/s1. The number of amides is 1. The Hall–Kier alpha value is -3.37. The predicted molar refractivity (Wildman–Crippen MR) is 136 cm³/mol. The van der Waals surface area contributed by atoms with Gasteiger partial charge in [0.2, 0.25) is 0 Å². The molecule has 0 saturated carbocycles. The Kier molecular flexibility index (Phi) is 5.57. The zero-order chi connectivity index (χ0) is 24.1. The number of hydrogen-bond donors (Lipinski definition) is 3. The minimum absolute atomic E-state index is 0.00792. The Bertz CT molecular complexity index is 1400. The van der Waals surface area contributed by atoms with E-state index in [1.54, 1.807) is 24.8 Å². The summed E-state index contributed by atoms with van der Waals surface area (Å²) in [7, 11) is 3.40. The van der Waals surface area contributed by atoms with E-state index in [0.29, 0.717) is 33.0 Å². The van der Waals surface area contributed by atoms with Gasteiger partial charge in [0.1, 0.15) is 11.3 Å². The second-order valence-electron chi connectivity index (χ2n) is 8.96. The molecule has 3 N–H and O–H groups in total. The number of fused-ring (bicyclic) bond motifs is 2. The van der Waals surface area contributed by atoms with Gasteiger partial charge in [-0.15, -0.1) is 0 Å². The summed E-state index contributed by atoms with van der Waals surface area (Å²) in [6, 6.07) is 6.27. The maximum absolute atomic E-state index is 13.8. The van der Waals surface area contributed by atoms with Gasteiger partial charge < -0.3 is 25.4 Å². The highest BCUT2D eigenvalue weighted by atomic mass is 32.1. The van der Waals surface area contributed by atoms with Crippen molar-refractivity contribution < 1.29 is 14.6 Å². The van der Waals surface area contributed by atoms with Crippen molar-refractivity contribution in [1.29, 1.82) is 0 Å². The number of aromatic hydroxyl groups is 1. The molecule has 178 valence electrons. The van der Waals surface area contributed by atoms with Gasteiger partial charge in [-0.05, 0) is 39.0 Å². The fourth-order valence-electron chi connectivity index (χ4n) is 4.78. The quantitative estimate of drug-likeness (QED) is 0.383. The second kappa shape index (κ2) is 8.44. The fraction of sp³-hybridized carbons (Fsp3) is 0.375. The lowest BCUT2D eigenvalue weighted by atomic mass is 10.0. The van der Waals surface area contributed by atoms with Crippen molar-refractivity contribution in [2.24, 2.45) is 7.05 Å². The molecule has 3 heterocycles. The normalized spacial score (nSPS) is 18.6. The summed E-state index contributed by atoms with van der Waals surface area (Å²) < 4.78 is 7.92. The molecule has 4 aromatic rings. The molecule has 0 aliphatic carbocycles. The maximum atomic E-state index is 13.8. The Morgan fingerprint density at radius 2 is 2.00 bits per heavy atom. The molecule has 1 aliphatic heterocycles. The highest BCUT2D eigenvalue weighted by Gasteiger charge is 2.28. The van der Waals surface area contributed by atoms with Crippen molar-refractivity contribution in [3.63, 3.8) is 0 Å². The van der Waals surface area contributed by atoms with Crippen LogP contribution in [0.4, 0.5) is 11.4 Å². The number of methoxy groups -OCH3 is 1. The first-order valence-corrected chi connectivity index (χ1v) is 12.0. The summed E-state index contributed by atoms with van der Waals surface area (Å²) in [5, 5.41) is 23.0. The van der Waals surface area contributed by atoms with Crippen molar-refractivity contribution >= 4 is 49.7 Å². The van der Waals surface area contributed by atoms with E-state index in [0.717, 1.165) is 28.9 Å². The van der Waals surface area contributed by atoms with Crippen LogP contribution in [0.25, 0.3) is 21.1 Å². The van der Waals surface area contributed by atoms with Crippen LogP contribution >= 0.6 is 11.3 Å². The molecule has 1 fully saturated rings. The monoisotopic (exact) mass is 480 g/mol. The molecule has 5 rings (SSSR count). The van der Waals surface area contributed by atoms with Crippen LogP contribution in [0.3, 0.4) is 0 Å². The third kappa shape index (κ3) is 3.82. The first-order valence-electron chi connectivity index (χ1n) is 11.2. The molecule has 1 saturated heterocycles. The molecule has 2 atom stereocenters. The predicted octanol–water partition coefficient (Wildman–Crippen LogP) is 3.64. The number of ether oxygens (including phenoxy) is 1. The Labute approximate surface area is 201 Å². The number of piperazine rings is 1. The molecule has 2 aromatic heterocycles. The smallest absolute Gasteiger partial charge is 0.274 e. The Balaban J connectivity index is 1.61. The Morgan fingerprint density at radius 1 is 1.26 bits per heavy atom. The number of thiazole rings is 1. The fourth-order valence-corrected chi connectivity index (χ4v) is 5.57. The summed E-state index contributed by atoms with van der Waals surface area (Å²) in [6.07, 6.45) is 1.86. The van der Waals surface area contributed by atoms with E-state index in [-0.39, 0.29) is 23.7 Å². The molecule has 2 aromatic carbocycles. The van der Waals surface area contributed by atoms with Gasteiger partial charge >= 0.3 is 0 Å². The van der Waals surface area contributed by atoms with Crippen LogP contribution in [0.2, 0.25) is 0 Å². The number of aryl methyl sites for hydroxylation is 2. The van der Waals surface area contributed by atoms with Crippen LogP contribution in [0, 0.1) is 6.92 Å². The number of phenols is 1. The lowest BCUT2D eigenvalue weighted by molar-refractivity contribution is 0.102. The second-order valence-corrected chi connectivity index (χ2v) is 9.95. The number of phenolic OH excluding ortho intramolecular Hbond substituents is 1. The van der Waals surface area contributed by atoms with Crippen molar-refractivity contribution in [1.82, 2.24) is 20.1 Å². The van der Waals surface area contributed by atoms with E-state index in [2.05, 4.69) is 39.5 Å². The van der Waals surface area contributed by atoms with E-state index in [4.69, 9.17) is 4.74 Å². The number of nitrogens with one attached hydrogen (secondary N) is 2. The average Bonchev–Trinajstić information content (AvgIpc) is 3.38. The third-order valence-corrected chi connectivity index (χ3v) is 7.17. The summed E-state index contributed by atoms with van der Waals surface area (Å²) in [5.41, 5.74) is 3.55. The lowest BCUT2D eigenvalue weighted by Crippen LogP contribution is -2.54. The van der Waals surface area contributed by atoms with Crippen molar-refractivity contribution in [2.75, 3.05) is 30.4 Å². The summed E-state index contributed by atoms with van der Waals surface area (Å²) in [6.45, 7) is 7.60. The number of anilines is 2. The maximum Gasteiger partial charge on any atom is 0.274 e. The van der Waals surface area contributed by atoms with E-state index in [9.17, 15) is 9.90 Å². The van der Waals surface area contributed by atoms with Gasteiger partial charge in [0.25, 0.3) is 11.1 Å². The number of aromatic nitrogens is 3. The molecule has 0 unspecified atom stereocenters. The number of hydrogen-bond acceptors (Lipinski definition) is 8. The molecule has 1 amide bonds. The third-order valence-electron chi connectivity index (χ3n) is 6.19. The number of carbonyl (C=O) groups excluding carboxylic acids is 1. The summed E-state index contributed by atoms with van der Waals surface area (Å²) in [5.74, 6) is -0.320. The molecular formula is C24H28N6O3S. The topological polar surface area (TPSA) is 105 Å². The molecule has 1 aliphatic rings. The van der Waals surface area contributed by atoms with Gasteiger partial charge in [0.15, 0.2) is 0 Å². The van der Waals surface area contributed by atoms with Crippen LogP contribution in [0.5, 0.6) is 10.9 Å². The van der Waals surface area contributed by atoms with Gasteiger partial charge in [-0.3, -0.25) is 9.48 Å². The highest BCUT2D eigenvalue weighted by molar-refractivity contribution is 7.20. The van der Waals surface area contributed by atoms with Gasteiger partial charge in [-0.1, -0.05) is 11.3 Å². The van der Waals surface area contributed by atoms with Crippen LogP contribution in [-0.2, 0) is 7.05 Å². The average molecular weight is 481 g/mol. The molecule has 0 spiro atoms. The van der Waals surface area contributed by atoms with Gasteiger partial charge in [0, 0.05) is 49.4 Å². The summed E-state index contributed by atoms with van der Waals surface area (Å²) >= 11 is 1.40. The summed E-state index contributed by atoms with van der Waals surface area (Å²) in [4.78, 5) is 20.6. The first-order chi connectivity index (χ1) is 16.2. The lowest BCUT2D eigenvalue weighted by Gasteiger charge is -2.38. The van der Waals surface area contributed by atoms with E-state index in [1.165, 1.54) is 11.3 Å². The molecule has 0 bridgehead atoms. The molecule has 9 nitrogen and oxygen atoms in total. The number of benzene rings is 2. The first kappa shape index (κ1) is 22.4. The van der Waals surface area contributed by atoms with E-state index >= 15 is 0 Å². The molecule has 34 heavy (non-hydrogen) atoms. The highest BCUT2D eigenvalue weighted by Crippen LogP contribution is 2.38. The van der Waals surface area contributed by atoms with Crippen LogP contribution in [-0.4, -0.2) is 58.1 Å². The zero-order valence-electron chi connectivity index (χ0n) is 19.8. The number of rotatable bonds is 4. The van der Waals surface area contributed by atoms with E-state index < -0.39 is 0 Å². The largest absolute Gasteiger partial charge is 0.505 e. The molecule has 10 heteroatoms. The van der Waals surface area contributed by atoms with Crippen molar-refractivity contribution in [3.8, 4) is 10.9 Å². The minimum atomic E-state index is -0.328. The van der Waals surface area contributed by atoms with Crippen LogP contribution < -0.4 is 20.3 Å². The van der Waals surface area contributed by atoms with Crippen molar-refractivity contribution in [3.05, 3.63) is 35.5 Å². The van der Waals surface area contributed by atoms with Gasteiger partial charge in [0.05, 0.1) is 34.3 Å². The van der Waals surface area contributed by atoms with Crippen molar-refractivity contribution in [2.45, 2.75) is 32.9 Å². The zero-order valence-corrected chi connectivity index (χ0v) is 20.7. The molecule has 0 radical (unpaired) electrons. The van der Waals surface area contributed by atoms with Gasteiger partial charge in [-0.2, -0.15) is 5.10 Å². The van der Waals surface area contributed by atoms with E-state index in [1.807, 2.05) is 25.4 Å². The molecular weight excluding hydrogens is 452 g/mol. The van der Waals surface area contributed by atoms with Crippen LogP contribution in [0.15, 0.2) is 24.4 Å². The van der Waals surface area contributed by atoms with Crippen LogP contribution in [0.1, 0.15) is 29.8 Å². The minimum Gasteiger partial charge on any atom is -0.505 e. The Morgan fingerprint density at radius 3 is 2.71 bits per heavy atom.